The fourth-order valence-corrected chi connectivity index (χ4v) is 1.72. The fourth-order valence-electron chi connectivity index (χ4n) is 0.327. The lowest BCUT2D eigenvalue weighted by atomic mass is 10.8. The van der Waals surface area contributed by atoms with Crippen LogP contribution in [0.15, 0.2) is 0 Å². The van der Waals surface area contributed by atoms with E-state index in [1.54, 1.807) is 0 Å². The van der Waals surface area contributed by atoms with Gasteiger partial charge in [0.05, 0.1) is 5.75 Å². The van der Waals surface area contributed by atoms with Crippen molar-refractivity contribution in [1.29, 1.82) is 0 Å². The molecule has 8 heteroatoms. The van der Waals surface area contributed by atoms with E-state index in [2.05, 4.69) is 4.18 Å². The second-order valence-corrected chi connectivity index (χ2v) is 4.31. The van der Waals surface area contributed by atoms with Gasteiger partial charge in [0.25, 0.3) is 10.1 Å². The molecule has 0 aliphatic heterocycles. The Morgan fingerprint density at radius 2 is 1.91 bits per heavy atom. The van der Waals surface area contributed by atoms with E-state index < -0.39 is 26.8 Å². The van der Waals surface area contributed by atoms with Crippen molar-refractivity contribution in [2.45, 2.75) is 0 Å². The van der Waals surface area contributed by atoms with Gasteiger partial charge in [0, 0.05) is 6.54 Å². The Labute approximate surface area is 66.4 Å². The lowest BCUT2D eigenvalue weighted by molar-refractivity contribution is 0.372. The van der Waals surface area contributed by atoms with Crippen LogP contribution in [0.5, 0.6) is 0 Å². The van der Waals surface area contributed by atoms with Crippen molar-refractivity contribution in [3.8, 4) is 0 Å². The van der Waals surface area contributed by atoms with Crippen LogP contribution in [0.2, 0.25) is 0 Å². The van der Waals surface area contributed by atoms with E-state index >= 15 is 0 Å². The van der Waals surface area contributed by atoms with Gasteiger partial charge in [0.1, 0.15) is 0 Å². The molecule has 0 aromatic carbocycles. The SMILES string of the molecule is NCCS(=O)(=O)OC[SH](=O)=O. The van der Waals surface area contributed by atoms with Crippen LogP contribution in [-0.4, -0.2) is 35.1 Å². The maximum absolute atomic E-state index is 10.6. The van der Waals surface area contributed by atoms with E-state index in [1.165, 1.54) is 0 Å². The molecule has 0 heterocycles. The Hall–Kier alpha value is -0.180. The van der Waals surface area contributed by atoms with Gasteiger partial charge in [-0.3, -0.25) is 4.18 Å². The Balaban J connectivity index is 3.93. The Bertz CT molecular complexity index is 257. The van der Waals surface area contributed by atoms with Crippen molar-refractivity contribution in [2.75, 3.05) is 18.2 Å². The molecule has 0 aliphatic rings. The lowest BCUT2D eigenvalue weighted by Crippen LogP contribution is -2.18. The summed E-state index contributed by atoms with van der Waals surface area (Å²) in [7, 11) is -6.55. The van der Waals surface area contributed by atoms with Crippen LogP contribution in [0.4, 0.5) is 0 Å². The molecular formula is C3H9NO5S2. The number of thiol groups is 1. The van der Waals surface area contributed by atoms with Crippen molar-refractivity contribution in [1.82, 2.24) is 0 Å². The van der Waals surface area contributed by atoms with Crippen molar-refractivity contribution >= 4 is 20.8 Å². The highest BCUT2D eigenvalue weighted by Gasteiger charge is 2.09. The molecule has 68 valence electrons. The molecule has 0 saturated heterocycles. The molecule has 0 spiro atoms. The smallest absolute Gasteiger partial charge is 0.269 e. The Morgan fingerprint density at radius 1 is 1.36 bits per heavy atom. The van der Waals surface area contributed by atoms with Crippen molar-refractivity contribution in [3.05, 3.63) is 0 Å². The topological polar surface area (TPSA) is 104 Å². The third kappa shape index (κ3) is 6.23. The normalized spacial score (nSPS) is 12.2. The van der Waals surface area contributed by atoms with Gasteiger partial charge in [-0.2, -0.15) is 8.42 Å². The standard InChI is InChI=1S/C3H9NO5S2/c4-1-2-11(7,8)9-3-10(5)6/h10H,1-4H2. The number of hydrogen-bond donors (Lipinski definition) is 2. The van der Waals surface area contributed by atoms with Crippen LogP contribution < -0.4 is 5.73 Å². The number of hydrogen-bond acceptors (Lipinski definition) is 6. The van der Waals surface area contributed by atoms with Crippen LogP contribution in [0, 0.1) is 0 Å². The predicted molar refractivity (Wildman–Crippen MR) is 39.1 cm³/mol. The molecular weight excluding hydrogens is 194 g/mol. The first-order chi connectivity index (χ1) is 4.98. The number of nitrogens with two attached hydrogens (primary N) is 1. The van der Waals surface area contributed by atoms with E-state index in [-0.39, 0.29) is 12.3 Å². The van der Waals surface area contributed by atoms with Crippen LogP contribution in [-0.2, 0) is 25.0 Å². The van der Waals surface area contributed by atoms with Crippen molar-refractivity contribution < 1.29 is 21.0 Å². The van der Waals surface area contributed by atoms with E-state index in [9.17, 15) is 16.8 Å². The summed E-state index contributed by atoms with van der Waals surface area (Å²) < 4.78 is 44.9. The van der Waals surface area contributed by atoms with E-state index in [0.29, 0.717) is 0 Å². The first-order valence-electron chi connectivity index (χ1n) is 2.67. The summed E-state index contributed by atoms with van der Waals surface area (Å²) in [6.07, 6.45) is 0. The van der Waals surface area contributed by atoms with Crippen molar-refractivity contribution in [2.24, 2.45) is 5.73 Å². The minimum Gasteiger partial charge on any atom is -0.329 e. The summed E-state index contributed by atoms with van der Waals surface area (Å²) >= 11 is 0. The zero-order valence-electron chi connectivity index (χ0n) is 5.60. The van der Waals surface area contributed by atoms with Gasteiger partial charge >= 0.3 is 0 Å². The maximum atomic E-state index is 10.6. The molecule has 0 atom stereocenters. The number of rotatable bonds is 5. The molecule has 0 unspecified atom stereocenters. The maximum Gasteiger partial charge on any atom is 0.269 e. The van der Waals surface area contributed by atoms with Gasteiger partial charge in [0.15, 0.2) is 16.6 Å². The van der Waals surface area contributed by atoms with Gasteiger partial charge in [-0.15, -0.1) is 0 Å². The van der Waals surface area contributed by atoms with Crippen LogP contribution in [0.25, 0.3) is 0 Å². The molecule has 11 heavy (non-hydrogen) atoms. The van der Waals surface area contributed by atoms with Crippen LogP contribution in [0.3, 0.4) is 0 Å². The highest BCUT2D eigenvalue weighted by atomic mass is 32.2. The fraction of sp³-hybridized carbons (Fsp3) is 1.00. The van der Waals surface area contributed by atoms with E-state index in [4.69, 9.17) is 5.73 Å². The average molecular weight is 203 g/mol. The monoisotopic (exact) mass is 203 g/mol. The summed E-state index contributed by atoms with van der Waals surface area (Å²) in [4.78, 5) is 0. The van der Waals surface area contributed by atoms with E-state index in [0.717, 1.165) is 0 Å². The van der Waals surface area contributed by atoms with Gasteiger partial charge in [-0.05, 0) is 0 Å². The average Bonchev–Trinajstić information content (AvgIpc) is 1.84. The molecule has 0 fully saturated rings. The van der Waals surface area contributed by atoms with Crippen LogP contribution in [0.1, 0.15) is 0 Å². The largest absolute Gasteiger partial charge is 0.329 e. The first kappa shape index (κ1) is 10.8. The molecule has 0 saturated carbocycles. The molecule has 0 bridgehead atoms. The van der Waals surface area contributed by atoms with Gasteiger partial charge in [-0.1, -0.05) is 0 Å². The van der Waals surface area contributed by atoms with Gasteiger partial charge in [-0.25, -0.2) is 8.42 Å². The summed E-state index contributed by atoms with van der Waals surface area (Å²) in [6.45, 7) is -0.0853. The molecule has 0 aromatic rings. The summed E-state index contributed by atoms with van der Waals surface area (Å²) in [5.74, 6) is -1.17. The minimum absolute atomic E-state index is 0.0853. The highest BCUT2D eigenvalue weighted by molar-refractivity contribution is 7.87. The quantitative estimate of drug-likeness (QED) is 0.390. The van der Waals surface area contributed by atoms with Crippen LogP contribution >= 0.6 is 0 Å². The summed E-state index contributed by atoms with van der Waals surface area (Å²) in [5.41, 5.74) is 4.91. The third-order valence-corrected chi connectivity index (χ3v) is 2.43. The summed E-state index contributed by atoms with van der Waals surface area (Å²) in [6, 6.07) is 0. The van der Waals surface area contributed by atoms with Gasteiger partial charge < -0.3 is 5.73 Å². The Kier molecular flexibility index (Phi) is 4.57. The molecule has 2 N–H and O–H groups in total. The second-order valence-electron chi connectivity index (χ2n) is 1.63. The minimum atomic E-state index is -3.74. The molecule has 0 radical (unpaired) electrons. The Morgan fingerprint density at radius 3 is 2.27 bits per heavy atom. The zero-order valence-corrected chi connectivity index (χ0v) is 7.31. The molecule has 0 amide bonds. The molecule has 6 nitrogen and oxygen atoms in total. The highest BCUT2D eigenvalue weighted by Crippen LogP contribution is 1.90. The van der Waals surface area contributed by atoms with Gasteiger partial charge in [0.2, 0.25) is 0 Å². The van der Waals surface area contributed by atoms with E-state index in [1.807, 2.05) is 0 Å². The molecule has 0 rings (SSSR count). The third-order valence-electron chi connectivity index (χ3n) is 0.706. The van der Waals surface area contributed by atoms with Crippen molar-refractivity contribution in [3.63, 3.8) is 0 Å². The predicted octanol–water partition coefficient (Wildman–Crippen LogP) is -2.14. The second kappa shape index (κ2) is 4.65. The lowest BCUT2D eigenvalue weighted by Gasteiger charge is -1.98. The molecule has 0 aliphatic carbocycles. The zero-order chi connectivity index (χ0) is 8.91. The summed E-state index contributed by atoms with van der Waals surface area (Å²) in [5, 5.41) is 0. The first-order valence-corrected chi connectivity index (χ1v) is 5.61. The molecule has 0 aromatic heterocycles.